The van der Waals surface area contributed by atoms with Gasteiger partial charge in [-0.05, 0) is 39.9 Å². The molecule has 172 valence electrons. The Morgan fingerprint density at radius 3 is 2.38 bits per heavy atom. The highest BCUT2D eigenvalue weighted by Crippen LogP contribution is 2.44. The first-order valence-corrected chi connectivity index (χ1v) is 11.3. The molecule has 2 atom stereocenters. The van der Waals surface area contributed by atoms with Crippen LogP contribution >= 0.6 is 11.6 Å². The number of carbonyl (C=O) groups excluding carboxylic acids is 1. The summed E-state index contributed by atoms with van der Waals surface area (Å²) in [5.74, 6) is -0.0572. The largest absolute Gasteiger partial charge is 0.449 e. The van der Waals surface area contributed by atoms with Crippen LogP contribution in [-0.2, 0) is 4.74 Å². The van der Waals surface area contributed by atoms with Crippen molar-refractivity contribution in [2.45, 2.75) is 18.1 Å². The Bertz CT molecular complexity index is 1320. The zero-order valence-corrected chi connectivity index (χ0v) is 18.8. The lowest BCUT2D eigenvalue weighted by Crippen LogP contribution is -2.36. The Balaban J connectivity index is 1.20. The highest BCUT2D eigenvalue weighted by molar-refractivity contribution is 6.34. The van der Waals surface area contributed by atoms with E-state index in [4.69, 9.17) is 16.3 Å². The van der Waals surface area contributed by atoms with Crippen LogP contribution in [0, 0.1) is 0 Å². The van der Waals surface area contributed by atoms with Gasteiger partial charge in [0.1, 0.15) is 30.3 Å². The van der Waals surface area contributed by atoms with Crippen LogP contribution in [0.25, 0.3) is 22.0 Å². The summed E-state index contributed by atoms with van der Waals surface area (Å²) in [7, 11) is 0. The van der Waals surface area contributed by atoms with Gasteiger partial charge in [-0.2, -0.15) is 0 Å². The van der Waals surface area contributed by atoms with Gasteiger partial charge in [-0.25, -0.2) is 14.8 Å². The number of alkyl carbamates (subject to hydrolysis) is 1. The molecular formula is C26H22ClN3O4. The number of carbonyl (C=O) groups is 1. The van der Waals surface area contributed by atoms with Gasteiger partial charge in [-0.15, -0.1) is 0 Å². The zero-order valence-electron chi connectivity index (χ0n) is 18.1. The standard InChI is InChI=1S/C26H22ClN3O4/c27-25-20-11-15(9-10-22(20)29-14-30-25)24(32)23(31)12-28-26(33)34-13-21-18-7-3-1-5-16(18)17-6-2-4-8-19(17)21/h1-11,14,21,23-24,31-32H,12-13H2,(H,28,33). The van der Waals surface area contributed by atoms with E-state index < -0.39 is 18.3 Å². The van der Waals surface area contributed by atoms with Gasteiger partial charge in [0.05, 0.1) is 5.52 Å². The van der Waals surface area contributed by atoms with Gasteiger partial charge in [-0.1, -0.05) is 66.2 Å². The Morgan fingerprint density at radius 1 is 1.00 bits per heavy atom. The van der Waals surface area contributed by atoms with Crippen molar-refractivity contribution in [1.82, 2.24) is 15.3 Å². The molecule has 0 saturated heterocycles. The van der Waals surface area contributed by atoms with Gasteiger partial charge >= 0.3 is 6.09 Å². The van der Waals surface area contributed by atoms with Crippen molar-refractivity contribution in [1.29, 1.82) is 0 Å². The van der Waals surface area contributed by atoms with Crippen molar-refractivity contribution in [3.05, 3.63) is 94.9 Å². The molecule has 1 heterocycles. The Kier molecular flexibility index (Phi) is 6.15. The molecule has 0 spiro atoms. The number of halogens is 1. The number of aliphatic hydroxyl groups excluding tert-OH is 2. The van der Waals surface area contributed by atoms with Crippen LogP contribution in [0.1, 0.15) is 28.7 Å². The summed E-state index contributed by atoms with van der Waals surface area (Å²) < 4.78 is 5.47. The molecule has 0 aliphatic heterocycles. The predicted molar refractivity (Wildman–Crippen MR) is 129 cm³/mol. The number of nitrogens with one attached hydrogen (secondary N) is 1. The molecule has 5 rings (SSSR count). The number of rotatable bonds is 6. The number of fused-ring (bicyclic) bond motifs is 4. The first kappa shape index (κ1) is 22.3. The van der Waals surface area contributed by atoms with E-state index in [2.05, 4.69) is 27.4 Å². The minimum absolute atomic E-state index is 0.0572. The van der Waals surface area contributed by atoms with Crippen molar-refractivity contribution in [3.8, 4) is 11.1 Å². The predicted octanol–water partition coefficient (Wildman–Crippen LogP) is 4.22. The summed E-state index contributed by atoms with van der Waals surface area (Å²) in [5.41, 5.74) is 5.59. The number of hydrogen-bond donors (Lipinski definition) is 3. The minimum atomic E-state index is -1.25. The number of aromatic nitrogens is 2. The molecule has 4 aromatic rings. The van der Waals surface area contributed by atoms with Crippen molar-refractivity contribution < 1.29 is 19.7 Å². The fourth-order valence-electron chi connectivity index (χ4n) is 4.40. The molecule has 1 amide bonds. The third-order valence-corrected chi connectivity index (χ3v) is 6.42. The molecule has 1 aliphatic carbocycles. The Labute approximate surface area is 201 Å². The second-order valence-corrected chi connectivity index (χ2v) is 8.52. The summed E-state index contributed by atoms with van der Waals surface area (Å²) in [6.45, 7) is -0.0173. The summed E-state index contributed by atoms with van der Waals surface area (Å²) in [6, 6.07) is 21.1. The van der Waals surface area contributed by atoms with Crippen LogP contribution in [0.2, 0.25) is 5.15 Å². The molecule has 8 heteroatoms. The molecule has 3 N–H and O–H groups in total. The number of nitrogens with zero attached hydrogens (tertiary/aromatic N) is 2. The number of benzene rings is 3. The SMILES string of the molecule is O=C(NCC(O)C(O)c1ccc2ncnc(Cl)c2c1)OCC1c2ccccc2-c2ccccc21. The first-order valence-electron chi connectivity index (χ1n) is 10.9. The highest BCUT2D eigenvalue weighted by Gasteiger charge is 2.29. The molecule has 1 aromatic heterocycles. The first-order chi connectivity index (χ1) is 16.5. The van der Waals surface area contributed by atoms with Crippen LogP contribution in [0.5, 0.6) is 0 Å². The molecule has 0 fully saturated rings. The van der Waals surface area contributed by atoms with Crippen LogP contribution in [-0.4, -0.2) is 45.5 Å². The number of ether oxygens (including phenoxy) is 1. The van der Waals surface area contributed by atoms with Crippen LogP contribution < -0.4 is 5.32 Å². The van der Waals surface area contributed by atoms with E-state index in [1.54, 1.807) is 18.2 Å². The van der Waals surface area contributed by atoms with Crippen molar-refractivity contribution in [2.75, 3.05) is 13.2 Å². The van der Waals surface area contributed by atoms with E-state index in [0.717, 1.165) is 22.3 Å². The second kappa shape index (κ2) is 9.38. The molecule has 0 radical (unpaired) electrons. The maximum absolute atomic E-state index is 12.3. The van der Waals surface area contributed by atoms with E-state index in [1.165, 1.54) is 6.33 Å². The summed E-state index contributed by atoms with van der Waals surface area (Å²) in [5, 5.41) is 24.3. The maximum atomic E-state index is 12.3. The van der Waals surface area contributed by atoms with Gasteiger partial charge in [-0.3, -0.25) is 0 Å². The summed E-state index contributed by atoms with van der Waals surface area (Å²) in [6.07, 6.45) is -1.80. The van der Waals surface area contributed by atoms with Crippen LogP contribution in [0.4, 0.5) is 4.79 Å². The molecule has 1 aliphatic rings. The Morgan fingerprint density at radius 2 is 1.68 bits per heavy atom. The molecule has 3 aromatic carbocycles. The lowest BCUT2D eigenvalue weighted by molar-refractivity contribution is 0.0186. The average Bonchev–Trinajstić information content (AvgIpc) is 3.19. The van der Waals surface area contributed by atoms with E-state index >= 15 is 0 Å². The fourth-order valence-corrected chi connectivity index (χ4v) is 4.59. The van der Waals surface area contributed by atoms with Gasteiger partial charge < -0.3 is 20.3 Å². The van der Waals surface area contributed by atoms with Crippen LogP contribution in [0.3, 0.4) is 0 Å². The normalized spacial score (nSPS) is 14.3. The number of aliphatic hydroxyl groups is 2. The van der Waals surface area contributed by atoms with E-state index in [1.807, 2.05) is 36.4 Å². The van der Waals surface area contributed by atoms with Gasteiger partial charge in [0, 0.05) is 17.8 Å². The van der Waals surface area contributed by atoms with Gasteiger partial charge in [0.25, 0.3) is 0 Å². The topological polar surface area (TPSA) is 105 Å². The molecule has 0 saturated carbocycles. The minimum Gasteiger partial charge on any atom is -0.449 e. The van der Waals surface area contributed by atoms with Crippen molar-refractivity contribution in [3.63, 3.8) is 0 Å². The third kappa shape index (κ3) is 4.21. The lowest BCUT2D eigenvalue weighted by atomic mass is 9.98. The molecule has 0 bridgehead atoms. The quantitative estimate of drug-likeness (QED) is 0.361. The third-order valence-electron chi connectivity index (χ3n) is 6.12. The second-order valence-electron chi connectivity index (χ2n) is 8.16. The summed E-state index contributed by atoms with van der Waals surface area (Å²) >= 11 is 6.10. The van der Waals surface area contributed by atoms with E-state index in [0.29, 0.717) is 16.5 Å². The highest BCUT2D eigenvalue weighted by atomic mass is 35.5. The molecular weight excluding hydrogens is 454 g/mol. The lowest BCUT2D eigenvalue weighted by Gasteiger charge is -2.20. The molecule has 7 nitrogen and oxygen atoms in total. The maximum Gasteiger partial charge on any atom is 0.407 e. The molecule has 34 heavy (non-hydrogen) atoms. The monoisotopic (exact) mass is 475 g/mol. The number of hydrogen-bond acceptors (Lipinski definition) is 6. The van der Waals surface area contributed by atoms with E-state index in [9.17, 15) is 15.0 Å². The van der Waals surface area contributed by atoms with Crippen molar-refractivity contribution in [2.24, 2.45) is 0 Å². The average molecular weight is 476 g/mol. The molecule has 2 unspecified atom stereocenters. The van der Waals surface area contributed by atoms with E-state index in [-0.39, 0.29) is 24.2 Å². The van der Waals surface area contributed by atoms with Crippen LogP contribution in [0.15, 0.2) is 73.1 Å². The summed E-state index contributed by atoms with van der Waals surface area (Å²) in [4.78, 5) is 20.4. The zero-order chi connectivity index (χ0) is 23.7. The smallest absolute Gasteiger partial charge is 0.407 e. The fraction of sp³-hybridized carbons (Fsp3) is 0.192. The number of amides is 1. The Hall–Kier alpha value is -3.52. The van der Waals surface area contributed by atoms with Gasteiger partial charge in [0.15, 0.2) is 0 Å². The van der Waals surface area contributed by atoms with Crippen molar-refractivity contribution >= 4 is 28.6 Å². The van der Waals surface area contributed by atoms with Gasteiger partial charge in [0.2, 0.25) is 0 Å².